The number of rotatable bonds is 6. The van der Waals surface area contributed by atoms with Crippen molar-refractivity contribution < 1.29 is 14.3 Å². The van der Waals surface area contributed by atoms with E-state index < -0.39 is 0 Å². The van der Waals surface area contributed by atoms with Gasteiger partial charge in [-0.05, 0) is 60.7 Å². The predicted molar refractivity (Wildman–Crippen MR) is 122 cm³/mol. The Labute approximate surface area is 183 Å². The average molecular weight is 428 g/mol. The molecule has 4 rings (SSSR count). The normalized spacial score (nSPS) is 10.5. The molecule has 1 aromatic heterocycles. The number of hydrogen-bond donors (Lipinski definition) is 2. The maximum Gasteiger partial charge on any atom is 0.269 e. The van der Waals surface area contributed by atoms with Crippen molar-refractivity contribution in [3.63, 3.8) is 0 Å². The van der Waals surface area contributed by atoms with Gasteiger partial charge in [-0.3, -0.25) is 19.0 Å². The summed E-state index contributed by atoms with van der Waals surface area (Å²) in [5.41, 5.74) is 2.46. The predicted octanol–water partition coefficient (Wildman–Crippen LogP) is 3.30. The monoisotopic (exact) mass is 428 g/mol. The highest BCUT2D eigenvalue weighted by Gasteiger charge is 2.10. The lowest BCUT2D eigenvalue weighted by Gasteiger charge is -2.11. The molecule has 3 aromatic carbocycles. The Morgan fingerprint density at radius 3 is 2.28 bits per heavy atom. The van der Waals surface area contributed by atoms with Crippen molar-refractivity contribution >= 4 is 34.2 Å². The van der Waals surface area contributed by atoms with E-state index in [1.807, 2.05) is 6.07 Å². The number of amides is 2. The number of carbonyl (C=O) groups is 2. The van der Waals surface area contributed by atoms with E-state index in [4.69, 9.17) is 4.74 Å². The molecule has 4 aromatic rings. The zero-order valence-electron chi connectivity index (χ0n) is 17.2. The Balaban J connectivity index is 1.41. The summed E-state index contributed by atoms with van der Waals surface area (Å²) in [6, 6.07) is 20.6. The van der Waals surface area contributed by atoms with Crippen LogP contribution < -0.4 is 20.9 Å². The second kappa shape index (κ2) is 9.13. The summed E-state index contributed by atoms with van der Waals surface area (Å²) in [6.45, 7) is -0.151. The summed E-state index contributed by atoms with van der Waals surface area (Å²) in [6.07, 6.45) is 1.20. The van der Waals surface area contributed by atoms with Gasteiger partial charge in [-0.1, -0.05) is 12.1 Å². The van der Waals surface area contributed by atoms with Crippen LogP contribution in [0.25, 0.3) is 11.0 Å². The second-order valence-corrected chi connectivity index (χ2v) is 6.98. The van der Waals surface area contributed by atoms with E-state index in [0.717, 1.165) is 0 Å². The Hall–Kier alpha value is -4.46. The molecule has 1 heterocycles. The van der Waals surface area contributed by atoms with Crippen LogP contribution in [-0.2, 0) is 11.3 Å². The summed E-state index contributed by atoms with van der Waals surface area (Å²) >= 11 is 0. The van der Waals surface area contributed by atoms with Crippen molar-refractivity contribution in [1.29, 1.82) is 0 Å². The third kappa shape index (κ3) is 4.65. The molecule has 8 nitrogen and oxygen atoms in total. The van der Waals surface area contributed by atoms with Crippen LogP contribution in [-0.4, -0.2) is 28.5 Å². The van der Waals surface area contributed by atoms with E-state index in [1.165, 1.54) is 10.8 Å². The van der Waals surface area contributed by atoms with Gasteiger partial charge in [0.1, 0.15) is 12.3 Å². The first kappa shape index (κ1) is 20.8. The van der Waals surface area contributed by atoms with Crippen LogP contribution in [0.5, 0.6) is 5.75 Å². The number of nitrogens with zero attached hydrogens (tertiary/aromatic N) is 2. The highest BCUT2D eigenvalue weighted by atomic mass is 16.5. The Morgan fingerprint density at radius 2 is 1.56 bits per heavy atom. The quantitative estimate of drug-likeness (QED) is 0.491. The van der Waals surface area contributed by atoms with Crippen LogP contribution in [0.4, 0.5) is 11.4 Å². The summed E-state index contributed by atoms with van der Waals surface area (Å²) in [7, 11) is 1.57. The number of methoxy groups -OCH3 is 1. The zero-order chi connectivity index (χ0) is 22.5. The molecule has 160 valence electrons. The van der Waals surface area contributed by atoms with Gasteiger partial charge in [0.15, 0.2) is 0 Å². The van der Waals surface area contributed by atoms with Crippen LogP contribution in [0.3, 0.4) is 0 Å². The van der Waals surface area contributed by atoms with Crippen LogP contribution in [0, 0.1) is 0 Å². The fraction of sp³-hybridized carbons (Fsp3) is 0.0833. The highest BCUT2D eigenvalue weighted by Crippen LogP contribution is 2.17. The number of ether oxygens (including phenoxy) is 1. The van der Waals surface area contributed by atoms with E-state index in [0.29, 0.717) is 33.7 Å². The average Bonchev–Trinajstić information content (AvgIpc) is 2.82. The zero-order valence-corrected chi connectivity index (χ0v) is 17.2. The van der Waals surface area contributed by atoms with Gasteiger partial charge in [0.05, 0.1) is 24.3 Å². The maximum atomic E-state index is 12.5. The van der Waals surface area contributed by atoms with E-state index in [2.05, 4.69) is 15.6 Å². The Morgan fingerprint density at radius 1 is 0.906 bits per heavy atom. The molecule has 0 aliphatic rings. The Bertz CT molecular complexity index is 1330. The van der Waals surface area contributed by atoms with E-state index in [-0.39, 0.29) is 23.9 Å². The van der Waals surface area contributed by atoms with Crippen LogP contribution in [0.15, 0.2) is 83.8 Å². The number of hydrogen-bond acceptors (Lipinski definition) is 5. The standard InChI is InChI=1S/C24H20N4O4/c1-32-19-12-10-18(11-13-19)27-24(31)16-6-8-17(9-7-16)26-22(29)15-28-21-5-3-2-4-20(21)25-14-23(28)30/h2-14H,15H2,1H3,(H,26,29)(H,27,31). The summed E-state index contributed by atoms with van der Waals surface area (Å²) in [5.74, 6) is 0.0619. The van der Waals surface area contributed by atoms with Crippen LogP contribution >= 0.6 is 0 Å². The van der Waals surface area contributed by atoms with Gasteiger partial charge in [0.2, 0.25) is 5.91 Å². The summed E-state index contributed by atoms with van der Waals surface area (Å²) < 4.78 is 6.47. The molecule has 0 aliphatic carbocycles. The molecule has 0 spiro atoms. The van der Waals surface area contributed by atoms with Gasteiger partial charge in [-0.2, -0.15) is 0 Å². The minimum absolute atomic E-state index is 0.151. The van der Waals surface area contributed by atoms with Crippen molar-refractivity contribution in [3.05, 3.63) is 94.9 Å². The number of benzene rings is 3. The molecule has 32 heavy (non-hydrogen) atoms. The number of carbonyl (C=O) groups excluding carboxylic acids is 2. The largest absolute Gasteiger partial charge is 0.497 e. The van der Waals surface area contributed by atoms with Gasteiger partial charge in [0.25, 0.3) is 11.5 Å². The molecule has 2 amide bonds. The van der Waals surface area contributed by atoms with Gasteiger partial charge in [-0.25, -0.2) is 4.98 Å². The van der Waals surface area contributed by atoms with Crippen LogP contribution in [0.1, 0.15) is 10.4 Å². The van der Waals surface area contributed by atoms with Gasteiger partial charge < -0.3 is 15.4 Å². The first-order valence-corrected chi connectivity index (χ1v) is 9.83. The van der Waals surface area contributed by atoms with Crippen molar-refractivity contribution in [2.45, 2.75) is 6.54 Å². The third-order valence-corrected chi connectivity index (χ3v) is 4.83. The van der Waals surface area contributed by atoms with Gasteiger partial charge >= 0.3 is 0 Å². The summed E-state index contributed by atoms with van der Waals surface area (Å²) in [4.78, 5) is 41.2. The number of anilines is 2. The molecule has 8 heteroatoms. The molecule has 0 bridgehead atoms. The molecular formula is C24H20N4O4. The van der Waals surface area contributed by atoms with Gasteiger partial charge in [0, 0.05) is 16.9 Å². The topological polar surface area (TPSA) is 102 Å². The SMILES string of the molecule is COc1ccc(NC(=O)c2ccc(NC(=O)Cn3c(=O)cnc4ccccc43)cc2)cc1. The first-order valence-electron chi connectivity index (χ1n) is 9.83. The van der Waals surface area contributed by atoms with Crippen molar-refractivity contribution in [3.8, 4) is 5.75 Å². The first-order chi connectivity index (χ1) is 15.5. The molecule has 0 unspecified atom stereocenters. The molecule has 0 saturated carbocycles. The lowest BCUT2D eigenvalue weighted by molar-refractivity contribution is -0.116. The summed E-state index contributed by atoms with van der Waals surface area (Å²) in [5, 5.41) is 5.55. The van der Waals surface area contributed by atoms with Crippen molar-refractivity contribution in [2.24, 2.45) is 0 Å². The number of aromatic nitrogens is 2. The van der Waals surface area contributed by atoms with E-state index in [1.54, 1.807) is 73.8 Å². The molecule has 0 atom stereocenters. The van der Waals surface area contributed by atoms with Crippen LogP contribution in [0.2, 0.25) is 0 Å². The number of nitrogens with one attached hydrogen (secondary N) is 2. The highest BCUT2D eigenvalue weighted by molar-refractivity contribution is 6.04. The number of fused-ring (bicyclic) bond motifs is 1. The Kier molecular flexibility index (Phi) is 5.94. The van der Waals surface area contributed by atoms with E-state index >= 15 is 0 Å². The van der Waals surface area contributed by atoms with Crippen molar-refractivity contribution in [1.82, 2.24) is 9.55 Å². The molecule has 0 aliphatic heterocycles. The van der Waals surface area contributed by atoms with E-state index in [9.17, 15) is 14.4 Å². The van der Waals surface area contributed by atoms with Crippen molar-refractivity contribution in [2.75, 3.05) is 17.7 Å². The molecule has 0 radical (unpaired) electrons. The molecule has 0 saturated heterocycles. The molecular weight excluding hydrogens is 408 g/mol. The third-order valence-electron chi connectivity index (χ3n) is 4.83. The maximum absolute atomic E-state index is 12.5. The lowest BCUT2D eigenvalue weighted by Crippen LogP contribution is -2.28. The minimum atomic E-state index is -0.362. The smallest absolute Gasteiger partial charge is 0.269 e. The number of para-hydroxylation sites is 2. The second-order valence-electron chi connectivity index (χ2n) is 6.98. The fourth-order valence-corrected chi connectivity index (χ4v) is 3.20. The fourth-order valence-electron chi connectivity index (χ4n) is 3.20. The molecule has 0 fully saturated rings. The lowest BCUT2D eigenvalue weighted by atomic mass is 10.2. The molecule has 2 N–H and O–H groups in total. The minimum Gasteiger partial charge on any atom is -0.497 e. The van der Waals surface area contributed by atoms with Gasteiger partial charge in [-0.15, -0.1) is 0 Å².